The van der Waals surface area contributed by atoms with Crippen LogP contribution in [0.25, 0.3) is 0 Å². The van der Waals surface area contributed by atoms with E-state index >= 15 is 0 Å². The van der Waals surface area contributed by atoms with Crippen molar-refractivity contribution < 1.29 is 9.47 Å². The van der Waals surface area contributed by atoms with E-state index in [0.29, 0.717) is 6.04 Å². The van der Waals surface area contributed by atoms with Gasteiger partial charge in [0.15, 0.2) is 0 Å². The quantitative estimate of drug-likeness (QED) is 0.0844. The van der Waals surface area contributed by atoms with E-state index in [2.05, 4.69) is 43.1 Å². The molecular formula is C32H61NO2. The minimum absolute atomic E-state index is 0.466. The predicted octanol–water partition coefficient (Wildman–Crippen LogP) is 9.27. The Morgan fingerprint density at radius 1 is 0.571 bits per heavy atom. The van der Waals surface area contributed by atoms with Gasteiger partial charge in [-0.25, -0.2) is 0 Å². The van der Waals surface area contributed by atoms with Crippen molar-refractivity contribution in [3.8, 4) is 0 Å². The summed E-state index contributed by atoms with van der Waals surface area (Å²) >= 11 is 0. The molecule has 1 atom stereocenters. The number of hydrogen-bond donors (Lipinski definition) is 0. The lowest BCUT2D eigenvalue weighted by molar-refractivity contribution is -0.0187. The summed E-state index contributed by atoms with van der Waals surface area (Å²) in [6.07, 6.45) is 34.2. The molecular weight excluding hydrogens is 430 g/mol. The molecule has 0 aromatic heterocycles. The van der Waals surface area contributed by atoms with Gasteiger partial charge in [-0.3, -0.25) is 4.90 Å². The van der Waals surface area contributed by atoms with E-state index in [1.54, 1.807) is 0 Å². The van der Waals surface area contributed by atoms with E-state index in [1.165, 1.54) is 129 Å². The molecule has 0 radical (unpaired) electrons. The normalized spacial score (nSPS) is 15.4. The molecule has 3 nitrogen and oxygen atoms in total. The molecule has 0 amide bonds. The lowest BCUT2D eigenvalue weighted by atomic mass is 10.1. The lowest BCUT2D eigenvalue weighted by Gasteiger charge is -2.38. The average Bonchev–Trinajstić information content (AvgIpc) is 2.83. The highest BCUT2D eigenvalue weighted by Gasteiger charge is 2.24. The first-order valence-corrected chi connectivity index (χ1v) is 15.6. The van der Waals surface area contributed by atoms with Crippen LogP contribution in [-0.2, 0) is 9.47 Å². The smallest absolute Gasteiger partial charge is 0.0644 e. The number of nitrogens with zero attached hydrogens (tertiary/aromatic N) is 1. The van der Waals surface area contributed by atoms with Gasteiger partial charge < -0.3 is 9.47 Å². The van der Waals surface area contributed by atoms with Gasteiger partial charge in [-0.2, -0.15) is 0 Å². The SMILES string of the molecule is CCCCCC=CCC=CCCCCCCCCOC[C@H](COCCCCCCCC)N1CCC1. The fraction of sp³-hybridized carbons (Fsp3) is 0.875. The van der Waals surface area contributed by atoms with Crippen molar-refractivity contribution in [3.05, 3.63) is 24.3 Å². The minimum Gasteiger partial charge on any atom is -0.380 e. The molecule has 1 aliphatic heterocycles. The molecule has 1 rings (SSSR count). The average molecular weight is 492 g/mol. The van der Waals surface area contributed by atoms with Gasteiger partial charge in [0.1, 0.15) is 0 Å². The van der Waals surface area contributed by atoms with Crippen LogP contribution in [0.15, 0.2) is 24.3 Å². The largest absolute Gasteiger partial charge is 0.380 e. The Bertz CT molecular complexity index is 472. The van der Waals surface area contributed by atoms with Crippen LogP contribution in [0.1, 0.15) is 136 Å². The highest BCUT2D eigenvalue weighted by atomic mass is 16.5. The Hall–Kier alpha value is -0.640. The fourth-order valence-corrected chi connectivity index (χ4v) is 4.58. The molecule has 1 saturated heterocycles. The Morgan fingerprint density at radius 2 is 1.03 bits per heavy atom. The van der Waals surface area contributed by atoms with Gasteiger partial charge in [0.25, 0.3) is 0 Å². The number of likely N-dealkylation sites (tertiary alicyclic amines) is 1. The van der Waals surface area contributed by atoms with Gasteiger partial charge in [-0.15, -0.1) is 0 Å². The molecule has 1 fully saturated rings. The topological polar surface area (TPSA) is 21.7 Å². The summed E-state index contributed by atoms with van der Waals surface area (Å²) in [6.45, 7) is 10.5. The Morgan fingerprint density at radius 3 is 1.54 bits per heavy atom. The van der Waals surface area contributed by atoms with Crippen LogP contribution >= 0.6 is 0 Å². The Balaban J connectivity index is 1.88. The van der Waals surface area contributed by atoms with Crippen LogP contribution in [0.2, 0.25) is 0 Å². The van der Waals surface area contributed by atoms with Crippen LogP contribution in [0, 0.1) is 0 Å². The number of hydrogen-bond acceptors (Lipinski definition) is 3. The maximum atomic E-state index is 6.06. The van der Waals surface area contributed by atoms with E-state index in [4.69, 9.17) is 9.47 Å². The zero-order chi connectivity index (χ0) is 25.1. The first-order chi connectivity index (χ1) is 17.4. The summed E-state index contributed by atoms with van der Waals surface area (Å²) < 4.78 is 12.1. The first kappa shape index (κ1) is 32.4. The van der Waals surface area contributed by atoms with Crippen LogP contribution in [0.3, 0.4) is 0 Å². The summed E-state index contributed by atoms with van der Waals surface area (Å²) in [5.74, 6) is 0. The highest BCUT2D eigenvalue weighted by molar-refractivity contribution is 4.92. The molecule has 0 aliphatic carbocycles. The van der Waals surface area contributed by atoms with E-state index in [9.17, 15) is 0 Å². The van der Waals surface area contributed by atoms with E-state index < -0.39 is 0 Å². The van der Waals surface area contributed by atoms with Crippen molar-refractivity contribution in [2.45, 2.75) is 142 Å². The molecule has 0 aromatic carbocycles. The van der Waals surface area contributed by atoms with Crippen LogP contribution in [-0.4, -0.2) is 50.5 Å². The minimum atomic E-state index is 0.466. The number of ether oxygens (including phenoxy) is 2. The second-order valence-corrected chi connectivity index (χ2v) is 10.5. The molecule has 0 saturated carbocycles. The Labute approximate surface area is 220 Å². The van der Waals surface area contributed by atoms with Crippen molar-refractivity contribution in [2.24, 2.45) is 0 Å². The number of allylic oxidation sites excluding steroid dienone is 4. The summed E-state index contributed by atoms with van der Waals surface area (Å²) in [7, 11) is 0. The molecule has 0 unspecified atom stereocenters. The first-order valence-electron chi connectivity index (χ1n) is 15.6. The number of rotatable bonds is 27. The standard InChI is InChI=1S/C32H61NO2/c1-3-5-7-9-11-12-13-14-15-16-17-18-19-20-22-24-29-35-31-32(33-26-25-27-33)30-34-28-23-21-10-8-6-4-2/h11-12,14-15,32H,3-10,13,16-31H2,1-2H3/t32-/m0/s1. The van der Waals surface area contributed by atoms with Crippen molar-refractivity contribution in [1.82, 2.24) is 4.90 Å². The van der Waals surface area contributed by atoms with E-state index in [0.717, 1.165) is 32.8 Å². The maximum absolute atomic E-state index is 6.06. The zero-order valence-corrected chi connectivity index (χ0v) is 23.8. The van der Waals surface area contributed by atoms with Gasteiger partial charge in [-0.05, 0) is 64.5 Å². The van der Waals surface area contributed by atoms with E-state index in [-0.39, 0.29) is 0 Å². The molecule has 1 heterocycles. The van der Waals surface area contributed by atoms with Gasteiger partial charge in [0.05, 0.1) is 19.3 Å². The molecule has 0 aromatic rings. The van der Waals surface area contributed by atoms with Gasteiger partial charge in [0.2, 0.25) is 0 Å². The van der Waals surface area contributed by atoms with E-state index in [1.807, 2.05) is 0 Å². The molecule has 3 heteroatoms. The predicted molar refractivity (Wildman–Crippen MR) is 154 cm³/mol. The lowest BCUT2D eigenvalue weighted by Crippen LogP contribution is -2.49. The summed E-state index contributed by atoms with van der Waals surface area (Å²) in [5, 5.41) is 0. The Kier molecular flexibility index (Phi) is 24.5. The summed E-state index contributed by atoms with van der Waals surface area (Å²) in [4.78, 5) is 2.54. The van der Waals surface area contributed by atoms with Crippen LogP contribution in [0.5, 0.6) is 0 Å². The number of unbranched alkanes of at least 4 members (excludes halogenated alkanes) is 14. The molecule has 0 N–H and O–H groups in total. The van der Waals surface area contributed by atoms with Gasteiger partial charge in [-0.1, -0.05) is 109 Å². The van der Waals surface area contributed by atoms with Gasteiger partial charge in [0, 0.05) is 13.2 Å². The van der Waals surface area contributed by atoms with Crippen molar-refractivity contribution >= 4 is 0 Å². The second-order valence-electron chi connectivity index (χ2n) is 10.5. The molecule has 206 valence electrons. The van der Waals surface area contributed by atoms with Crippen LogP contribution < -0.4 is 0 Å². The molecule has 35 heavy (non-hydrogen) atoms. The maximum Gasteiger partial charge on any atom is 0.0644 e. The zero-order valence-electron chi connectivity index (χ0n) is 23.8. The van der Waals surface area contributed by atoms with Crippen molar-refractivity contribution in [2.75, 3.05) is 39.5 Å². The second kappa shape index (κ2) is 26.4. The molecule has 0 bridgehead atoms. The molecule has 0 spiro atoms. The fourth-order valence-electron chi connectivity index (χ4n) is 4.58. The van der Waals surface area contributed by atoms with Gasteiger partial charge >= 0.3 is 0 Å². The third kappa shape index (κ3) is 21.2. The van der Waals surface area contributed by atoms with Crippen molar-refractivity contribution in [3.63, 3.8) is 0 Å². The summed E-state index contributed by atoms with van der Waals surface area (Å²) in [5.41, 5.74) is 0. The van der Waals surface area contributed by atoms with Crippen molar-refractivity contribution in [1.29, 1.82) is 0 Å². The monoisotopic (exact) mass is 491 g/mol. The van der Waals surface area contributed by atoms with Crippen LogP contribution in [0.4, 0.5) is 0 Å². The molecule has 1 aliphatic rings. The third-order valence-electron chi connectivity index (χ3n) is 7.16. The summed E-state index contributed by atoms with van der Waals surface area (Å²) in [6, 6.07) is 0.466. The highest BCUT2D eigenvalue weighted by Crippen LogP contribution is 2.14. The third-order valence-corrected chi connectivity index (χ3v) is 7.16.